The Kier molecular flexibility index (Phi) is 5.65. The molecular weight excluding hydrogens is 198 g/mol. The molecule has 0 aliphatic rings. The van der Waals surface area contributed by atoms with Crippen LogP contribution in [0.15, 0.2) is 36.4 Å². The molecule has 1 rings (SSSR count). The summed E-state index contributed by atoms with van der Waals surface area (Å²) < 4.78 is 5.68. The first-order valence-corrected chi connectivity index (χ1v) is 5.79. The van der Waals surface area contributed by atoms with Gasteiger partial charge < -0.3 is 10.1 Å². The molecule has 0 saturated heterocycles. The molecule has 1 aromatic carbocycles. The molecule has 0 aliphatic carbocycles. The Hall–Kier alpha value is -1.28. The highest BCUT2D eigenvalue weighted by molar-refractivity contribution is 5.33. The minimum atomic E-state index is 0.489. The summed E-state index contributed by atoms with van der Waals surface area (Å²) in [5, 5.41) is 3.39. The van der Waals surface area contributed by atoms with E-state index in [1.807, 2.05) is 37.3 Å². The van der Waals surface area contributed by atoms with E-state index in [9.17, 15) is 0 Å². The van der Waals surface area contributed by atoms with Crippen LogP contribution in [0.3, 0.4) is 0 Å². The van der Waals surface area contributed by atoms with Crippen LogP contribution in [0.1, 0.15) is 26.3 Å². The van der Waals surface area contributed by atoms with Gasteiger partial charge in [0.1, 0.15) is 12.4 Å². The summed E-state index contributed by atoms with van der Waals surface area (Å²) in [4.78, 5) is 0. The molecule has 0 aromatic heterocycles. The summed E-state index contributed by atoms with van der Waals surface area (Å²) >= 11 is 0. The van der Waals surface area contributed by atoms with Crippen molar-refractivity contribution in [2.45, 2.75) is 33.4 Å². The largest absolute Gasteiger partial charge is 0.489 e. The molecule has 2 nitrogen and oxygen atoms in total. The van der Waals surface area contributed by atoms with Gasteiger partial charge in [0.05, 0.1) is 0 Å². The number of allylic oxidation sites excluding steroid dienone is 1. The van der Waals surface area contributed by atoms with Crippen LogP contribution in [-0.4, -0.2) is 12.6 Å². The van der Waals surface area contributed by atoms with E-state index in [4.69, 9.17) is 4.74 Å². The van der Waals surface area contributed by atoms with Crippen LogP contribution < -0.4 is 10.1 Å². The second kappa shape index (κ2) is 7.07. The van der Waals surface area contributed by atoms with Crippen molar-refractivity contribution >= 4 is 0 Å². The van der Waals surface area contributed by atoms with E-state index >= 15 is 0 Å². The number of nitrogens with one attached hydrogen (secondary N) is 1. The van der Waals surface area contributed by atoms with Crippen LogP contribution in [0.4, 0.5) is 0 Å². The molecule has 0 unspecified atom stereocenters. The van der Waals surface area contributed by atoms with Crippen molar-refractivity contribution in [3.63, 3.8) is 0 Å². The molecule has 0 saturated carbocycles. The van der Waals surface area contributed by atoms with Crippen LogP contribution in [0.25, 0.3) is 0 Å². The summed E-state index contributed by atoms with van der Waals surface area (Å²) in [5.74, 6) is 0.966. The van der Waals surface area contributed by atoms with Gasteiger partial charge in [0.15, 0.2) is 0 Å². The Bertz CT molecular complexity index is 331. The molecule has 1 aromatic rings. The number of rotatable bonds is 6. The zero-order chi connectivity index (χ0) is 11.8. The summed E-state index contributed by atoms with van der Waals surface area (Å²) in [6.45, 7) is 7.76. The Morgan fingerprint density at radius 1 is 1.31 bits per heavy atom. The van der Waals surface area contributed by atoms with Crippen molar-refractivity contribution in [2.75, 3.05) is 6.61 Å². The number of benzene rings is 1. The van der Waals surface area contributed by atoms with Crippen molar-refractivity contribution in [3.05, 3.63) is 42.0 Å². The fourth-order valence-corrected chi connectivity index (χ4v) is 1.34. The molecule has 0 atom stereocenters. The topological polar surface area (TPSA) is 21.3 Å². The van der Waals surface area contributed by atoms with Gasteiger partial charge in [0, 0.05) is 18.2 Å². The van der Waals surface area contributed by atoms with Gasteiger partial charge >= 0.3 is 0 Å². The minimum absolute atomic E-state index is 0.489. The van der Waals surface area contributed by atoms with Crippen LogP contribution >= 0.6 is 0 Å². The number of hydrogen-bond acceptors (Lipinski definition) is 2. The summed E-state index contributed by atoms with van der Waals surface area (Å²) in [6, 6.07) is 8.65. The summed E-state index contributed by atoms with van der Waals surface area (Å²) in [6.07, 6.45) is 4.00. The second-order valence-corrected chi connectivity index (χ2v) is 4.02. The van der Waals surface area contributed by atoms with E-state index < -0.39 is 0 Å². The van der Waals surface area contributed by atoms with E-state index in [0.29, 0.717) is 12.6 Å². The molecule has 16 heavy (non-hydrogen) atoms. The minimum Gasteiger partial charge on any atom is -0.489 e. The number of ether oxygens (including phenoxy) is 1. The van der Waals surface area contributed by atoms with Gasteiger partial charge in [-0.15, -0.1) is 0 Å². The predicted octanol–water partition coefficient (Wildman–Crippen LogP) is 3.14. The van der Waals surface area contributed by atoms with Crippen molar-refractivity contribution in [1.29, 1.82) is 0 Å². The Balaban J connectivity index is 2.60. The van der Waals surface area contributed by atoms with Crippen LogP contribution in [0.2, 0.25) is 0 Å². The third kappa shape index (κ3) is 4.49. The second-order valence-electron chi connectivity index (χ2n) is 4.02. The lowest BCUT2D eigenvalue weighted by molar-refractivity contribution is 0.356. The molecule has 0 spiro atoms. The first-order valence-electron chi connectivity index (χ1n) is 5.79. The lowest BCUT2D eigenvalue weighted by Crippen LogP contribution is -2.22. The fourth-order valence-electron chi connectivity index (χ4n) is 1.34. The van der Waals surface area contributed by atoms with Crippen molar-refractivity contribution in [2.24, 2.45) is 0 Å². The first-order chi connectivity index (χ1) is 7.74. The van der Waals surface area contributed by atoms with Gasteiger partial charge in [-0.1, -0.05) is 44.2 Å². The molecule has 0 aliphatic heterocycles. The first kappa shape index (κ1) is 12.8. The van der Waals surface area contributed by atoms with Crippen LogP contribution in [-0.2, 0) is 6.54 Å². The maximum atomic E-state index is 5.68. The highest BCUT2D eigenvalue weighted by Gasteiger charge is 2.02. The van der Waals surface area contributed by atoms with Gasteiger partial charge in [-0.3, -0.25) is 0 Å². The molecule has 0 amide bonds. The van der Waals surface area contributed by atoms with Crippen molar-refractivity contribution in [1.82, 2.24) is 5.32 Å². The Morgan fingerprint density at radius 3 is 2.75 bits per heavy atom. The zero-order valence-corrected chi connectivity index (χ0v) is 10.4. The predicted molar refractivity (Wildman–Crippen MR) is 68.7 cm³/mol. The highest BCUT2D eigenvalue weighted by Crippen LogP contribution is 2.17. The lowest BCUT2D eigenvalue weighted by atomic mass is 10.2. The number of para-hydroxylation sites is 1. The molecule has 88 valence electrons. The highest BCUT2D eigenvalue weighted by atomic mass is 16.5. The zero-order valence-electron chi connectivity index (χ0n) is 10.4. The lowest BCUT2D eigenvalue weighted by Gasteiger charge is -2.12. The SMILES string of the molecule is C/C=C/COc1ccccc1CNC(C)C. The third-order valence-electron chi connectivity index (χ3n) is 2.24. The standard InChI is InChI=1S/C14H21NO/c1-4-5-10-16-14-9-7-6-8-13(14)11-15-12(2)3/h4-9,12,15H,10-11H2,1-3H3/b5-4+. The fraction of sp³-hybridized carbons (Fsp3) is 0.429. The monoisotopic (exact) mass is 219 g/mol. The quantitative estimate of drug-likeness (QED) is 0.742. The molecule has 0 bridgehead atoms. The Labute approximate surface area is 98.3 Å². The Morgan fingerprint density at radius 2 is 2.06 bits per heavy atom. The molecule has 0 radical (unpaired) electrons. The third-order valence-corrected chi connectivity index (χ3v) is 2.24. The van der Waals surface area contributed by atoms with E-state index in [-0.39, 0.29) is 0 Å². The summed E-state index contributed by atoms with van der Waals surface area (Å²) in [7, 11) is 0. The molecule has 0 fully saturated rings. The average molecular weight is 219 g/mol. The maximum absolute atomic E-state index is 5.68. The number of hydrogen-bond donors (Lipinski definition) is 1. The molecule has 2 heteroatoms. The van der Waals surface area contributed by atoms with Crippen LogP contribution in [0.5, 0.6) is 5.75 Å². The summed E-state index contributed by atoms with van der Waals surface area (Å²) in [5.41, 5.74) is 1.21. The van der Waals surface area contributed by atoms with Gasteiger partial charge in [0.2, 0.25) is 0 Å². The van der Waals surface area contributed by atoms with Crippen LogP contribution in [0, 0.1) is 0 Å². The van der Waals surface area contributed by atoms with Gasteiger partial charge in [-0.25, -0.2) is 0 Å². The molecule has 0 heterocycles. The van der Waals surface area contributed by atoms with E-state index in [1.54, 1.807) is 0 Å². The molecular formula is C14H21NO. The normalized spacial score (nSPS) is 11.2. The van der Waals surface area contributed by atoms with E-state index in [1.165, 1.54) is 5.56 Å². The average Bonchev–Trinajstić information content (AvgIpc) is 2.28. The molecule has 1 N–H and O–H groups in total. The maximum Gasteiger partial charge on any atom is 0.124 e. The van der Waals surface area contributed by atoms with Crippen molar-refractivity contribution < 1.29 is 4.74 Å². The van der Waals surface area contributed by atoms with E-state index in [0.717, 1.165) is 12.3 Å². The van der Waals surface area contributed by atoms with Gasteiger partial charge in [-0.05, 0) is 13.0 Å². The van der Waals surface area contributed by atoms with Gasteiger partial charge in [0.25, 0.3) is 0 Å². The van der Waals surface area contributed by atoms with E-state index in [2.05, 4.69) is 25.2 Å². The van der Waals surface area contributed by atoms with Crippen molar-refractivity contribution in [3.8, 4) is 5.75 Å². The smallest absolute Gasteiger partial charge is 0.124 e. The van der Waals surface area contributed by atoms with Gasteiger partial charge in [-0.2, -0.15) is 0 Å².